The molecule has 2 aromatic carbocycles. The molecule has 160 valence electrons. The number of hydrogen-bond donors (Lipinski definition) is 1. The van der Waals surface area contributed by atoms with Crippen molar-refractivity contribution in [3.63, 3.8) is 0 Å². The molecule has 0 unspecified atom stereocenters. The highest BCUT2D eigenvalue weighted by Crippen LogP contribution is 2.27. The second kappa shape index (κ2) is 8.90. The minimum absolute atomic E-state index is 0.0140. The zero-order valence-electron chi connectivity index (χ0n) is 17.5. The molecular formula is C24H30N2O3S. The molecule has 0 bridgehead atoms. The highest BCUT2D eigenvalue weighted by Gasteiger charge is 2.31. The van der Waals surface area contributed by atoms with Crippen LogP contribution in [0.1, 0.15) is 54.5 Å². The number of benzene rings is 2. The lowest BCUT2D eigenvalue weighted by atomic mass is 9.96. The second-order valence-electron chi connectivity index (χ2n) is 8.53. The maximum atomic E-state index is 12.8. The summed E-state index contributed by atoms with van der Waals surface area (Å²) in [6, 6.07) is 15.7. The monoisotopic (exact) mass is 426 g/mol. The third kappa shape index (κ3) is 4.76. The molecule has 0 aromatic heterocycles. The van der Waals surface area contributed by atoms with Crippen LogP contribution in [0.25, 0.3) is 0 Å². The summed E-state index contributed by atoms with van der Waals surface area (Å²) >= 11 is 0. The van der Waals surface area contributed by atoms with E-state index in [4.69, 9.17) is 0 Å². The van der Waals surface area contributed by atoms with Gasteiger partial charge in [-0.05, 0) is 61.3 Å². The Hall–Kier alpha value is -2.18. The van der Waals surface area contributed by atoms with Crippen molar-refractivity contribution in [2.45, 2.75) is 50.8 Å². The van der Waals surface area contributed by atoms with Crippen molar-refractivity contribution in [1.82, 2.24) is 9.62 Å². The van der Waals surface area contributed by atoms with Gasteiger partial charge in [-0.2, -0.15) is 0 Å². The van der Waals surface area contributed by atoms with E-state index in [9.17, 15) is 13.2 Å². The summed E-state index contributed by atoms with van der Waals surface area (Å²) in [5.74, 6) is -0.0896. The van der Waals surface area contributed by atoms with Crippen LogP contribution in [0, 0.1) is 5.92 Å². The predicted molar refractivity (Wildman–Crippen MR) is 118 cm³/mol. The van der Waals surface area contributed by atoms with Crippen molar-refractivity contribution in [2.75, 3.05) is 13.1 Å². The summed E-state index contributed by atoms with van der Waals surface area (Å²) in [5.41, 5.74) is 4.78. The summed E-state index contributed by atoms with van der Waals surface area (Å²) in [6.07, 6.45) is 4.63. The number of piperidine rings is 1. The standard InChI is InChI=1S/C24H30N2O3S/c1-18(22-11-10-20-8-5-9-23(20)16-22)25-24(27)21-12-14-26(15-13-21)30(28,29)17-19-6-3-2-4-7-19/h2-4,6-7,10-11,16,18,21H,5,8-9,12-15,17H2,1H3,(H,25,27)/t18-/m1/s1. The minimum atomic E-state index is -3.36. The number of nitrogens with zero attached hydrogens (tertiary/aromatic N) is 1. The molecule has 30 heavy (non-hydrogen) atoms. The zero-order chi connectivity index (χ0) is 21.1. The molecule has 0 spiro atoms. The number of hydrogen-bond acceptors (Lipinski definition) is 3. The lowest BCUT2D eigenvalue weighted by Gasteiger charge is -2.31. The molecule has 1 heterocycles. The molecule has 1 N–H and O–H groups in total. The Morgan fingerprint density at radius 1 is 1.07 bits per heavy atom. The summed E-state index contributed by atoms with van der Waals surface area (Å²) in [5, 5.41) is 3.14. The first-order chi connectivity index (χ1) is 14.4. The number of carbonyl (C=O) groups excluding carboxylic acids is 1. The maximum Gasteiger partial charge on any atom is 0.223 e. The van der Waals surface area contributed by atoms with Gasteiger partial charge in [0, 0.05) is 19.0 Å². The Labute approximate surface area is 179 Å². The average Bonchev–Trinajstić information content (AvgIpc) is 3.22. The maximum absolute atomic E-state index is 12.8. The van der Waals surface area contributed by atoms with Gasteiger partial charge in [0.15, 0.2) is 0 Å². The number of aryl methyl sites for hydroxylation is 2. The van der Waals surface area contributed by atoms with Crippen molar-refractivity contribution in [1.29, 1.82) is 0 Å². The lowest BCUT2D eigenvalue weighted by molar-refractivity contribution is -0.126. The number of carbonyl (C=O) groups is 1. The van der Waals surface area contributed by atoms with Crippen LogP contribution < -0.4 is 5.32 Å². The predicted octanol–water partition coefficient (Wildman–Crippen LogP) is 3.59. The van der Waals surface area contributed by atoms with Crippen molar-refractivity contribution < 1.29 is 13.2 Å². The van der Waals surface area contributed by atoms with Gasteiger partial charge in [-0.25, -0.2) is 12.7 Å². The molecule has 2 aromatic rings. The van der Waals surface area contributed by atoms with Crippen LogP contribution in [0.3, 0.4) is 0 Å². The summed E-state index contributed by atoms with van der Waals surface area (Å²) in [4.78, 5) is 12.8. The number of fused-ring (bicyclic) bond motifs is 1. The number of amides is 1. The van der Waals surface area contributed by atoms with E-state index in [-0.39, 0.29) is 23.6 Å². The van der Waals surface area contributed by atoms with Crippen LogP contribution >= 0.6 is 0 Å². The molecule has 1 fully saturated rings. The SMILES string of the molecule is C[C@@H](NC(=O)C1CCN(S(=O)(=O)Cc2ccccc2)CC1)c1ccc2c(c1)CCC2. The van der Waals surface area contributed by atoms with Crippen LogP contribution in [0.4, 0.5) is 0 Å². The van der Waals surface area contributed by atoms with E-state index in [1.165, 1.54) is 21.9 Å². The van der Waals surface area contributed by atoms with Crippen molar-refractivity contribution in [2.24, 2.45) is 5.92 Å². The number of nitrogens with one attached hydrogen (secondary N) is 1. The zero-order valence-corrected chi connectivity index (χ0v) is 18.3. The molecule has 2 aliphatic rings. The fourth-order valence-electron chi connectivity index (χ4n) is 4.55. The normalized spacial score (nSPS) is 18.7. The molecule has 1 atom stereocenters. The van der Waals surface area contributed by atoms with Gasteiger partial charge < -0.3 is 5.32 Å². The van der Waals surface area contributed by atoms with Gasteiger partial charge in [0.2, 0.25) is 15.9 Å². The average molecular weight is 427 g/mol. The second-order valence-corrected chi connectivity index (χ2v) is 10.5. The van der Waals surface area contributed by atoms with Crippen LogP contribution in [-0.2, 0) is 33.4 Å². The van der Waals surface area contributed by atoms with Crippen LogP contribution in [0.2, 0.25) is 0 Å². The van der Waals surface area contributed by atoms with Gasteiger partial charge in [-0.15, -0.1) is 0 Å². The molecule has 1 aliphatic carbocycles. The third-order valence-corrected chi connectivity index (χ3v) is 8.24. The number of sulfonamides is 1. The Balaban J connectivity index is 1.31. The van der Waals surface area contributed by atoms with E-state index in [0.29, 0.717) is 25.9 Å². The molecule has 4 rings (SSSR count). The first-order valence-electron chi connectivity index (χ1n) is 10.9. The van der Waals surface area contributed by atoms with E-state index in [2.05, 4.69) is 23.5 Å². The highest BCUT2D eigenvalue weighted by molar-refractivity contribution is 7.88. The molecule has 1 saturated heterocycles. The van der Waals surface area contributed by atoms with Crippen LogP contribution in [0.15, 0.2) is 48.5 Å². The topological polar surface area (TPSA) is 66.5 Å². The highest BCUT2D eigenvalue weighted by atomic mass is 32.2. The molecule has 0 saturated carbocycles. The summed E-state index contributed by atoms with van der Waals surface area (Å²) < 4.78 is 27.0. The van der Waals surface area contributed by atoms with E-state index < -0.39 is 10.0 Å². The van der Waals surface area contributed by atoms with Gasteiger partial charge in [0.05, 0.1) is 11.8 Å². The van der Waals surface area contributed by atoms with Crippen LogP contribution in [-0.4, -0.2) is 31.7 Å². The van der Waals surface area contributed by atoms with E-state index in [1.54, 1.807) is 0 Å². The van der Waals surface area contributed by atoms with E-state index in [0.717, 1.165) is 24.0 Å². The quantitative estimate of drug-likeness (QED) is 0.768. The van der Waals surface area contributed by atoms with Crippen molar-refractivity contribution in [3.05, 3.63) is 70.8 Å². The van der Waals surface area contributed by atoms with Crippen molar-refractivity contribution >= 4 is 15.9 Å². The Kier molecular flexibility index (Phi) is 6.25. The largest absolute Gasteiger partial charge is 0.349 e. The van der Waals surface area contributed by atoms with Crippen molar-refractivity contribution in [3.8, 4) is 0 Å². The Bertz CT molecular complexity index is 996. The van der Waals surface area contributed by atoms with Gasteiger partial charge in [0.25, 0.3) is 0 Å². The van der Waals surface area contributed by atoms with E-state index in [1.807, 2.05) is 37.3 Å². The molecular weight excluding hydrogens is 396 g/mol. The molecule has 1 aliphatic heterocycles. The van der Waals surface area contributed by atoms with E-state index >= 15 is 0 Å². The summed E-state index contributed by atoms with van der Waals surface area (Å²) in [6.45, 7) is 2.83. The van der Waals surface area contributed by atoms with Crippen LogP contribution in [0.5, 0.6) is 0 Å². The fraction of sp³-hybridized carbons (Fsp3) is 0.458. The Morgan fingerprint density at radius 2 is 1.77 bits per heavy atom. The Morgan fingerprint density at radius 3 is 2.50 bits per heavy atom. The fourth-order valence-corrected chi connectivity index (χ4v) is 6.11. The first kappa shape index (κ1) is 21.1. The van der Waals surface area contributed by atoms with Gasteiger partial charge >= 0.3 is 0 Å². The molecule has 1 amide bonds. The van der Waals surface area contributed by atoms with Gasteiger partial charge in [-0.3, -0.25) is 4.79 Å². The minimum Gasteiger partial charge on any atom is -0.349 e. The third-order valence-electron chi connectivity index (χ3n) is 6.39. The smallest absolute Gasteiger partial charge is 0.223 e. The lowest BCUT2D eigenvalue weighted by Crippen LogP contribution is -2.43. The van der Waals surface area contributed by atoms with Gasteiger partial charge in [-0.1, -0.05) is 48.5 Å². The first-order valence-corrected chi connectivity index (χ1v) is 12.5. The van der Waals surface area contributed by atoms with Gasteiger partial charge in [0.1, 0.15) is 0 Å². The number of rotatable bonds is 6. The molecule has 0 radical (unpaired) electrons. The summed E-state index contributed by atoms with van der Waals surface area (Å²) in [7, 11) is -3.36. The molecule has 6 heteroatoms. The molecule has 5 nitrogen and oxygen atoms in total.